The standard InChI is InChI=1S/C14H23N3O3/c1-10-3-6-16(7-4-10)14(20)15-5-8-17-12(18)9-11(2)13(17)19/h10-11H,3-9H2,1-2H3,(H,15,20). The van der Waals surface area contributed by atoms with Crippen molar-refractivity contribution in [2.75, 3.05) is 26.2 Å². The van der Waals surface area contributed by atoms with Crippen molar-refractivity contribution < 1.29 is 14.4 Å². The van der Waals surface area contributed by atoms with Crippen molar-refractivity contribution in [1.29, 1.82) is 0 Å². The van der Waals surface area contributed by atoms with E-state index in [1.807, 2.05) is 0 Å². The van der Waals surface area contributed by atoms with Crippen LogP contribution in [0, 0.1) is 11.8 Å². The first kappa shape index (κ1) is 14.8. The first-order valence-electron chi connectivity index (χ1n) is 7.36. The largest absolute Gasteiger partial charge is 0.336 e. The van der Waals surface area contributed by atoms with Crippen LogP contribution in [-0.4, -0.2) is 53.8 Å². The molecule has 2 rings (SSSR count). The molecule has 4 amide bonds. The quantitative estimate of drug-likeness (QED) is 0.779. The van der Waals surface area contributed by atoms with Gasteiger partial charge in [0.25, 0.3) is 0 Å². The Morgan fingerprint density at radius 2 is 1.90 bits per heavy atom. The van der Waals surface area contributed by atoms with Gasteiger partial charge in [-0.15, -0.1) is 0 Å². The number of rotatable bonds is 3. The molecule has 1 atom stereocenters. The number of nitrogens with zero attached hydrogens (tertiary/aromatic N) is 2. The maximum absolute atomic E-state index is 11.9. The van der Waals surface area contributed by atoms with Gasteiger partial charge >= 0.3 is 6.03 Å². The molecule has 0 spiro atoms. The molecule has 2 aliphatic heterocycles. The molecule has 0 saturated carbocycles. The van der Waals surface area contributed by atoms with Crippen LogP contribution in [0.2, 0.25) is 0 Å². The molecule has 6 nitrogen and oxygen atoms in total. The van der Waals surface area contributed by atoms with Gasteiger partial charge in [0.2, 0.25) is 11.8 Å². The van der Waals surface area contributed by atoms with Crippen LogP contribution in [0.4, 0.5) is 4.79 Å². The van der Waals surface area contributed by atoms with Gasteiger partial charge in [-0.25, -0.2) is 4.79 Å². The second-order valence-electron chi connectivity index (χ2n) is 5.89. The lowest BCUT2D eigenvalue weighted by Gasteiger charge is -2.30. The van der Waals surface area contributed by atoms with E-state index in [9.17, 15) is 14.4 Å². The minimum absolute atomic E-state index is 0.0935. The lowest BCUT2D eigenvalue weighted by atomic mass is 10.00. The number of likely N-dealkylation sites (tertiary alicyclic amines) is 2. The molecule has 112 valence electrons. The summed E-state index contributed by atoms with van der Waals surface area (Å²) in [5.41, 5.74) is 0. The topological polar surface area (TPSA) is 69.7 Å². The Morgan fingerprint density at radius 1 is 1.25 bits per heavy atom. The SMILES string of the molecule is CC1CCN(C(=O)NCCN2C(=O)CC(C)C2=O)CC1. The van der Waals surface area contributed by atoms with Crippen LogP contribution in [0.5, 0.6) is 0 Å². The Kier molecular flexibility index (Phi) is 4.62. The molecular weight excluding hydrogens is 258 g/mol. The number of hydrogen-bond donors (Lipinski definition) is 1. The molecular formula is C14H23N3O3. The predicted octanol–water partition coefficient (Wildman–Crippen LogP) is 0.823. The average Bonchev–Trinajstić information content (AvgIpc) is 2.65. The molecule has 0 aliphatic carbocycles. The number of carbonyl (C=O) groups is 3. The third-order valence-electron chi connectivity index (χ3n) is 4.15. The van der Waals surface area contributed by atoms with Gasteiger partial charge in [-0.1, -0.05) is 13.8 Å². The molecule has 2 saturated heterocycles. The number of carbonyl (C=O) groups excluding carboxylic acids is 3. The van der Waals surface area contributed by atoms with Crippen LogP contribution in [0.1, 0.15) is 33.1 Å². The smallest absolute Gasteiger partial charge is 0.317 e. The highest BCUT2D eigenvalue weighted by molar-refractivity contribution is 6.03. The third kappa shape index (κ3) is 3.29. The summed E-state index contributed by atoms with van der Waals surface area (Å²) in [6.07, 6.45) is 2.36. The zero-order chi connectivity index (χ0) is 14.7. The first-order chi connectivity index (χ1) is 9.49. The fourth-order valence-electron chi connectivity index (χ4n) is 2.68. The van der Waals surface area contributed by atoms with E-state index in [4.69, 9.17) is 0 Å². The molecule has 0 aromatic rings. The van der Waals surface area contributed by atoms with Crippen LogP contribution >= 0.6 is 0 Å². The van der Waals surface area contributed by atoms with Crippen LogP contribution < -0.4 is 5.32 Å². The van der Waals surface area contributed by atoms with Crippen molar-refractivity contribution in [1.82, 2.24) is 15.1 Å². The molecule has 1 unspecified atom stereocenters. The highest BCUT2D eigenvalue weighted by Crippen LogP contribution is 2.18. The van der Waals surface area contributed by atoms with Crippen LogP contribution in [-0.2, 0) is 9.59 Å². The van der Waals surface area contributed by atoms with Gasteiger partial charge < -0.3 is 10.2 Å². The third-order valence-corrected chi connectivity index (χ3v) is 4.15. The highest BCUT2D eigenvalue weighted by Gasteiger charge is 2.35. The number of hydrogen-bond acceptors (Lipinski definition) is 3. The molecule has 1 N–H and O–H groups in total. The highest BCUT2D eigenvalue weighted by atomic mass is 16.2. The van der Waals surface area contributed by atoms with E-state index in [2.05, 4.69) is 12.2 Å². The van der Waals surface area contributed by atoms with Crippen molar-refractivity contribution in [2.45, 2.75) is 33.1 Å². The number of imide groups is 1. The summed E-state index contributed by atoms with van der Waals surface area (Å²) in [5, 5.41) is 2.79. The van der Waals surface area contributed by atoms with Crippen molar-refractivity contribution in [2.24, 2.45) is 11.8 Å². The Labute approximate surface area is 119 Å². The minimum atomic E-state index is -0.221. The van der Waals surface area contributed by atoms with Gasteiger partial charge in [0.15, 0.2) is 0 Å². The number of urea groups is 1. The van der Waals surface area contributed by atoms with Crippen molar-refractivity contribution in [3.05, 3.63) is 0 Å². The Balaban J connectivity index is 1.72. The van der Waals surface area contributed by atoms with Crippen molar-refractivity contribution in [3.63, 3.8) is 0 Å². The lowest BCUT2D eigenvalue weighted by Crippen LogP contribution is -2.46. The van der Waals surface area contributed by atoms with Gasteiger partial charge in [-0.3, -0.25) is 14.5 Å². The molecule has 6 heteroatoms. The zero-order valence-corrected chi connectivity index (χ0v) is 12.2. The maximum atomic E-state index is 11.9. The van der Waals surface area contributed by atoms with E-state index in [1.165, 1.54) is 4.90 Å². The summed E-state index contributed by atoms with van der Waals surface area (Å²) in [7, 11) is 0. The van der Waals surface area contributed by atoms with Gasteiger partial charge in [0.1, 0.15) is 0 Å². The second-order valence-corrected chi connectivity index (χ2v) is 5.89. The van der Waals surface area contributed by atoms with E-state index in [0.717, 1.165) is 25.9 Å². The predicted molar refractivity (Wildman–Crippen MR) is 73.9 cm³/mol. The summed E-state index contributed by atoms with van der Waals surface area (Å²) in [6, 6.07) is -0.0935. The van der Waals surface area contributed by atoms with Gasteiger partial charge in [-0.2, -0.15) is 0 Å². The molecule has 0 aromatic carbocycles. The van der Waals surface area contributed by atoms with Gasteiger partial charge in [0.05, 0.1) is 0 Å². The molecule has 0 radical (unpaired) electrons. The van der Waals surface area contributed by atoms with Crippen molar-refractivity contribution >= 4 is 17.8 Å². The summed E-state index contributed by atoms with van der Waals surface area (Å²) < 4.78 is 0. The summed E-state index contributed by atoms with van der Waals surface area (Å²) >= 11 is 0. The zero-order valence-electron chi connectivity index (χ0n) is 12.2. The number of piperidine rings is 1. The molecule has 20 heavy (non-hydrogen) atoms. The van der Waals surface area contributed by atoms with E-state index in [1.54, 1.807) is 11.8 Å². The van der Waals surface area contributed by atoms with Crippen LogP contribution in [0.3, 0.4) is 0 Å². The van der Waals surface area contributed by atoms with E-state index in [0.29, 0.717) is 12.5 Å². The first-order valence-corrected chi connectivity index (χ1v) is 7.36. The lowest BCUT2D eigenvalue weighted by molar-refractivity contribution is -0.139. The van der Waals surface area contributed by atoms with Gasteiger partial charge in [-0.05, 0) is 18.8 Å². The Hall–Kier alpha value is -1.59. The monoisotopic (exact) mass is 281 g/mol. The van der Waals surface area contributed by atoms with E-state index in [-0.39, 0.29) is 36.7 Å². The molecule has 2 aliphatic rings. The van der Waals surface area contributed by atoms with E-state index < -0.39 is 0 Å². The van der Waals surface area contributed by atoms with Crippen LogP contribution in [0.25, 0.3) is 0 Å². The molecule has 0 aromatic heterocycles. The summed E-state index contributed by atoms with van der Waals surface area (Å²) in [5.74, 6) is 0.196. The summed E-state index contributed by atoms with van der Waals surface area (Å²) in [4.78, 5) is 38.3. The molecule has 2 fully saturated rings. The summed E-state index contributed by atoms with van der Waals surface area (Å²) in [6.45, 7) is 6.12. The number of amides is 4. The fraction of sp³-hybridized carbons (Fsp3) is 0.786. The fourth-order valence-corrected chi connectivity index (χ4v) is 2.68. The normalized spacial score (nSPS) is 24.4. The average molecular weight is 281 g/mol. The molecule has 0 bridgehead atoms. The second kappa shape index (κ2) is 6.24. The Bertz CT molecular complexity index is 402. The minimum Gasteiger partial charge on any atom is -0.336 e. The Morgan fingerprint density at radius 3 is 2.45 bits per heavy atom. The van der Waals surface area contributed by atoms with Gasteiger partial charge in [0, 0.05) is 38.5 Å². The molecule has 2 heterocycles. The van der Waals surface area contributed by atoms with E-state index >= 15 is 0 Å². The number of nitrogens with one attached hydrogen (secondary N) is 1. The maximum Gasteiger partial charge on any atom is 0.317 e. The van der Waals surface area contributed by atoms with Crippen LogP contribution in [0.15, 0.2) is 0 Å². The van der Waals surface area contributed by atoms with Crippen molar-refractivity contribution in [3.8, 4) is 0 Å².